The molecule has 0 N–H and O–H groups in total. The van der Waals surface area contributed by atoms with Crippen LogP contribution in [-0.4, -0.2) is 0 Å². The lowest BCUT2D eigenvalue weighted by Crippen LogP contribution is -1.75. The van der Waals surface area contributed by atoms with E-state index in [1.807, 2.05) is 60.7 Å². The molecule has 0 spiro atoms. The SMILES string of the molecule is Br[C]=C(C#CC#CC(=[C]Br)C#Cc1ccccc1)C#Cc1ccccc1. The number of hydrogen-bond donors (Lipinski definition) is 0. The van der Waals surface area contributed by atoms with E-state index in [1.165, 1.54) is 0 Å². The second-order valence-corrected chi connectivity index (χ2v) is 5.46. The van der Waals surface area contributed by atoms with Gasteiger partial charge in [-0.2, -0.15) is 0 Å². The highest BCUT2D eigenvalue weighted by Gasteiger charge is 1.87. The number of halogens is 2. The third kappa shape index (κ3) is 7.34. The summed E-state index contributed by atoms with van der Waals surface area (Å²) >= 11 is 6.29. The summed E-state index contributed by atoms with van der Waals surface area (Å²) in [6, 6.07) is 19.4. The first kappa shape index (κ1) is 19.4. The van der Waals surface area contributed by atoms with Crippen LogP contribution in [0.3, 0.4) is 0 Å². The lowest BCUT2D eigenvalue weighted by atomic mass is 10.2. The van der Waals surface area contributed by atoms with Crippen LogP contribution in [0.4, 0.5) is 0 Å². The van der Waals surface area contributed by atoms with Crippen LogP contribution in [0.25, 0.3) is 0 Å². The zero-order chi connectivity index (χ0) is 18.5. The van der Waals surface area contributed by atoms with Crippen LogP contribution < -0.4 is 0 Å². The van der Waals surface area contributed by atoms with Gasteiger partial charge in [0.2, 0.25) is 0 Å². The maximum absolute atomic E-state index is 3.15. The van der Waals surface area contributed by atoms with Gasteiger partial charge in [0, 0.05) is 11.1 Å². The van der Waals surface area contributed by atoms with E-state index in [-0.39, 0.29) is 0 Å². The molecule has 0 saturated heterocycles. The minimum absolute atomic E-state index is 0.520. The van der Waals surface area contributed by atoms with Gasteiger partial charge < -0.3 is 0 Å². The average Bonchev–Trinajstić information content (AvgIpc) is 2.71. The predicted octanol–water partition coefficient (Wildman–Crippen LogP) is 5.26. The van der Waals surface area contributed by atoms with Crippen molar-refractivity contribution >= 4 is 31.9 Å². The minimum atomic E-state index is 0.520. The van der Waals surface area contributed by atoms with E-state index in [9.17, 15) is 0 Å². The molecule has 0 amide bonds. The normalized spacial score (nSPS) is 9.92. The molecule has 0 atom stereocenters. The molecule has 0 nitrogen and oxygen atoms in total. The highest BCUT2D eigenvalue weighted by Crippen LogP contribution is 2.00. The van der Waals surface area contributed by atoms with Crippen LogP contribution in [-0.2, 0) is 0 Å². The predicted molar refractivity (Wildman–Crippen MR) is 114 cm³/mol. The lowest BCUT2D eigenvalue weighted by Gasteiger charge is -1.86. The number of allylic oxidation sites excluding steroid dienone is 2. The third-order valence-corrected chi connectivity index (χ3v) is 3.63. The Morgan fingerprint density at radius 2 is 0.923 bits per heavy atom. The molecule has 0 aliphatic carbocycles. The fourth-order valence-corrected chi connectivity index (χ4v) is 2.05. The van der Waals surface area contributed by atoms with E-state index in [0.29, 0.717) is 11.1 Å². The fourth-order valence-electron chi connectivity index (χ4n) is 1.66. The van der Waals surface area contributed by atoms with E-state index < -0.39 is 0 Å². The van der Waals surface area contributed by atoms with E-state index in [1.54, 1.807) is 0 Å². The zero-order valence-corrected chi connectivity index (χ0v) is 16.7. The molecule has 2 rings (SSSR count). The molecule has 0 aliphatic heterocycles. The summed E-state index contributed by atoms with van der Waals surface area (Å²) in [5, 5.41) is 0. The largest absolute Gasteiger partial charge is 0.0912 e. The molecule has 2 aromatic carbocycles. The third-order valence-electron chi connectivity index (χ3n) is 2.84. The van der Waals surface area contributed by atoms with Crippen LogP contribution >= 0.6 is 31.9 Å². The molecule has 0 bridgehead atoms. The van der Waals surface area contributed by atoms with Crippen molar-refractivity contribution in [2.75, 3.05) is 0 Å². The topological polar surface area (TPSA) is 0 Å². The Morgan fingerprint density at radius 3 is 1.27 bits per heavy atom. The van der Waals surface area contributed by atoms with Gasteiger partial charge in [0.15, 0.2) is 0 Å². The van der Waals surface area contributed by atoms with Gasteiger partial charge in [-0.25, -0.2) is 0 Å². The van der Waals surface area contributed by atoms with Crippen molar-refractivity contribution < 1.29 is 0 Å². The quantitative estimate of drug-likeness (QED) is 0.473. The van der Waals surface area contributed by atoms with E-state index in [0.717, 1.165) is 11.1 Å². The van der Waals surface area contributed by atoms with E-state index >= 15 is 0 Å². The molecule has 120 valence electrons. The molecule has 0 unspecified atom stereocenters. The van der Waals surface area contributed by atoms with Crippen molar-refractivity contribution in [3.63, 3.8) is 0 Å². The van der Waals surface area contributed by atoms with E-state index in [2.05, 4.69) is 89.2 Å². The first-order chi connectivity index (χ1) is 12.8. The monoisotopic (exact) mass is 456 g/mol. The van der Waals surface area contributed by atoms with Crippen molar-refractivity contribution in [1.82, 2.24) is 0 Å². The molecule has 0 saturated carbocycles. The standard InChI is InChI=1S/C24H10Br2/c25-19-23(17-15-21-9-3-1-4-10-21)13-7-8-14-24(20-26)18-16-22-11-5-2-6-12-22/h1-6,9-12H. The van der Waals surface area contributed by atoms with Gasteiger partial charge in [-0.3, -0.25) is 0 Å². The van der Waals surface area contributed by atoms with Crippen molar-refractivity contribution in [2.24, 2.45) is 0 Å². The van der Waals surface area contributed by atoms with Gasteiger partial charge in [0.25, 0.3) is 0 Å². The maximum Gasteiger partial charge on any atom is 0.0912 e. The number of rotatable bonds is 0. The molecule has 0 fully saturated rings. The van der Waals surface area contributed by atoms with Gasteiger partial charge in [-0.15, -0.1) is 0 Å². The van der Waals surface area contributed by atoms with E-state index in [4.69, 9.17) is 0 Å². The second-order valence-electron chi connectivity index (χ2n) is 4.67. The molecule has 2 aromatic rings. The lowest BCUT2D eigenvalue weighted by molar-refractivity contribution is 1.65. The summed E-state index contributed by atoms with van der Waals surface area (Å²) < 4.78 is 0. The van der Waals surface area contributed by atoms with Gasteiger partial charge in [-0.05, 0) is 79.8 Å². The van der Waals surface area contributed by atoms with Crippen LogP contribution in [0.1, 0.15) is 11.1 Å². The van der Waals surface area contributed by atoms with Crippen LogP contribution in [0.2, 0.25) is 0 Å². The van der Waals surface area contributed by atoms with Gasteiger partial charge >= 0.3 is 0 Å². The van der Waals surface area contributed by atoms with Crippen molar-refractivity contribution in [3.8, 4) is 47.4 Å². The molecule has 2 radical (unpaired) electrons. The summed E-state index contributed by atoms with van der Waals surface area (Å²) in [6.07, 6.45) is 0. The Bertz CT molecular complexity index is 955. The molecular weight excluding hydrogens is 448 g/mol. The molecule has 26 heavy (non-hydrogen) atoms. The number of benzene rings is 2. The van der Waals surface area contributed by atoms with Crippen LogP contribution in [0, 0.1) is 57.3 Å². The molecule has 2 heteroatoms. The van der Waals surface area contributed by atoms with Crippen molar-refractivity contribution in [1.29, 1.82) is 0 Å². The smallest absolute Gasteiger partial charge is 0.0622 e. The zero-order valence-electron chi connectivity index (χ0n) is 13.5. The highest BCUT2D eigenvalue weighted by molar-refractivity contribution is 9.10. The average molecular weight is 458 g/mol. The molecule has 0 aliphatic rings. The first-order valence-electron chi connectivity index (χ1n) is 7.45. The summed E-state index contributed by atoms with van der Waals surface area (Å²) in [4.78, 5) is 5.55. The Hall–Kier alpha value is -2.88. The molecule has 0 heterocycles. The number of hydrogen-bond acceptors (Lipinski definition) is 0. The Labute approximate surface area is 171 Å². The first-order valence-corrected chi connectivity index (χ1v) is 9.04. The second kappa shape index (κ2) is 11.6. The van der Waals surface area contributed by atoms with Crippen LogP contribution in [0.15, 0.2) is 71.8 Å². The summed E-state index contributed by atoms with van der Waals surface area (Å²) in [7, 11) is 0. The Morgan fingerprint density at radius 1 is 0.538 bits per heavy atom. The van der Waals surface area contributed by atoms with Gasteiger partial charge in [0.1, 0.15) is 0 Å². The molecular formula is C24H10Br2. The summed E-state index contributed by atoms with van der Waals surface area (Å²) in [5.41, 5.74) is 2.87. The summed E-state index contributed by atoms with van der Waals surface area (Å²) in [5.74, 6) is 23.1. The minimum Gasteiger partial charge on any atom is -0.0622 e. The van der Waals surface area contributed by atoms with Gasteiger partial charge in [0.05, 0.1) is 21.1 Å². The summed E-state index contributed by atoms with van der Waals surface area (Å²) in [6.45, 7) is 0. The fraction of sp³-hybridized carbons (Fsp3) is 0. The van der Waals surface area contributed by atoms with Crippen molar-refractivity contribution in [2.45, 2.75) is 0 Å². The van der Waals surface area contributed by atoms with Gasteiger partial charge in [-0.1, -0.05) is 60.1 Å². The maximum atomic E-state index is 3.15. The Kier molecular flexibility index (Phi) is 8.70. The highest BCUT2D eigenvalue weighted by atomic mass is 79.9. The Balaban J connectivity index is 2.06. The van der Waals surface area contributed by atoms with Crippen LogP contribution in [0.5, 0.6) is 0 Å². The molecule has 0 aromatic heterocycles. The van der Waals surface area contributed by atoms with Crippen molar-refractivity contribution in [3.05, 3.63) is 92.9 Å².